The van der Waals surface area contributed by atoms with Gasteiger partial charge < -0.3 is 15.6 Å². The highest BCUT2D eigenvalue weighted by molar-refractivity contribution is 5.89. The average Bonchev–Trinajstić information content (AvgIpc) is 3.03. The van der Waals surface area contributed by atoms with Crippen molar-refractivity contribution >= 4 is 39.4 Å². The second-order valence-electron chi connectivity index (χ2n) is 5.97. The van der Waals surface area contributed by atoms with Crippen LogP contribution in [0.3, 0.4) is 0 Å². The van der Waals surface area contributed by atoms with E-state index in [1.54, 1.807) is 6.20 Å². The molecule has 24 heavy (non-hydrogen) atoms. The summed E-state index contributed by atoms with van der Waals surface area (Å²) < 4.78 is 0. The van der Waals surface area contributed by atoms with Gasteiger partial charge in [-0.05, 0) is 44.2 Å². The number of anilines is 3. The minimum Gasteiger partial charge on any atom is -0.367 e. The summed E-state index contributed by atoms with van der Waals surface area (Å²) in [6.45, 7) is 4.17. The summed E-state index contributed by atoms with van der Waals surface area (Å²) in [4.78, 5) is 16.6. The van der Waals surface area contributed by atoms with E-state index in [1.807, 2.05) is 42.6 Å². The number of H-pyrrole nitrogens is 1. The van der Waals surface area contributed by atoms with Gasteiger partial charge in [0, 0.05) is 29.5 Å². The van der Waals surface area contributed by atoms with Crippen molar-refractivity contribution in [1.82, 2.24) is 19.9 Å². The van der Waals surface area contributed by atoms with Crippen LogP contribution in [0, 0.1) is 0 Å². The minimum absolute atomic E-state index is 0.289. The Hall–Kier alpha value is -3.15. The van der Waals surface area contributed by atoms with Gasteiger partial charge in [-0.2, -0.15) is 9.97 Å². The van der Waals surface area contributed by atoms with Crippen molar-refractivity contribution in [2.75, 3.05) is 10.6 Å². The highest BCUT2D eigenvalue weighted by atomic mass is 15.2. The number of fused-ring (bicyclic) bond motifs is 2. The first-order valence-corrected chi connectivity index (χ1v) is 7.92. The molecule has 4 rings (SSSR count). The molecule has 120 valence electrons. The third-order valence-electron chi connectivity index (χ3n) is 3.70. The normalized spacial score (nSPS) is 11.3. The molecule has 0 radical (unpaired) electrons. The van der Waals surface area contributed by atoms with Crippen LogP contribution in [0.2, 0.25) is 0 Å². The Labute approximate surface area is 139 Å². The lowest BCUT2D eigenvalue weighted by atomic mass is 10.2. The Morgan fingerprint density at radius 3 is 2.88 bits per heavy atom. The average molecular weight is 318 g/mol. The van der Waals surface area contributed by atoms with Gasteiger partial charge in [-0.25, -0.2) is 0 Å². The Morgan fingerprint density at radius 1 is 1.08 bits per heavy atom. The van der Waals surface area contributed by atoms with Gasteiger partial charge in [0.05, 0.1) is 10.9 Å². The largest absolute Gasteiger partial charge is 0.367 e. The van der Waals surface area contributed by atoms with Crippen molar-refractivity contribution < 1.29 is 0 Å². The van der Waals surface area contributed by atoms with Crippen LogP contribution < -0.4 is 10.6 Å². The van der Waals surface area contributed by atoms with Gasteiger partial charge in [-0.1, -0.05) is 6.07 Å². The molecule has 0 saturated carbocycles. The number of pyridine rings is 1. The highest BCUT2D eigenvalue weighted by Crippen LogP contribution is 2.24. The number of aromatic nitrogens is 4. The second-order valence-corrected chi connectivity index (χ2v) is 5.97. The molecule has 0 aliphatic rings. The van der Waals surface area contributed by atoms with Crippen molar-refractivity contribution in [3.8, 4) is 0 Å². The van der Waals surface area contributed by atoms with Gasteiger partial charge in [0.1, 0.15) is 11.5 Å². The van der Waals surface area contributed by atoms with Crippen LogP contribution in [0.5, 0.6) is 0 Å². The lowest BCUT2D eigenvalue weighted by Crippen LogP contribution is -2.12. The highest BCUT2D eigenvalue weighted by Gasteiger charge is 2.10. The molecular weight excluding hydrogens is 300 g/mol. The summed E-state index contributed by atoms with van der Waals surface area (Å²) >= 11 is 0. The third kappa shape index (κ3) is 2.74. The predicted molar refractivity (Wildman–Crippen MR) is 97.7 cm³/mol. The SMILES string of the molecule is CC(C)Nc1nc(Nc2ccc3ncccc3c2)nc2[nH]ccc12. The molecule has 6 nitrogen and oxygen atoms in total. The molecule has 6 heteroatoms. The topological polar surface area (TPSA) is 78.5 Å². The van der Waals surface area contributed by atoms with Crippen LogP contribution in [-0.4, -0.2) is 26.0 Å². The molecule has 3 N–H and O–H groups in total. The maximum Gasteiger partial charge on any atom is 0.231 e. The minimum atomic E-state index is 0.289. The van der Waals surface area contributed by atoms with Gasteiger partial charge in [0.25, 0.3) is 0 Å². The molecule has 0 spiro atoms. The number of aromatic amines is 1. The van der Waals surface area contributed by atoms with Crippen molar-refractivity contribution in [3.63, 3.8) is 0 Å². The van der Waals surface area contributed by atoms with Crippen LogP contribution in [0.25, 0.3) is 21.9 Å². The van der Waals surface area contributed by atoms with E-state index in [-0.39, 0.29) is 6.04 Å². The number of nitrogens with one attached hydrogen (secondary N) is 3. The van der Waals surface area contributed by atoms with E-state index in [4.69, 9.17) is 0 Å². The fourth-order valence-corrected chi connectivity index (χ4v) is 2.66. The number of rotatable bonds is 4. The monoisotopic (exact) mass is 318 g/mol. The molecule has 0 unspecified atom stereocenters. The van der Waals surface area contributed by atoms with E-state index in [0.717, 1.165) is 33.4 Å². The quantitative estimate of drug-likeness (QED) is 0.528. The third-order valence-corrected chi connectivity index (χ3v) is 3.70. The molecule has 4 aromatic rings. The summed E-state index contributed by atoms with van der Waals surface area (Å²) in [5.41, 5.74) is 2.70. The van der Waals surface area contributed by atoms with E-state index in [0.29, 0.717) is 5.95 Å². The van der Waals surface area contributed by atoms with Crippen molar-refractivity contribution in [1.29, 1.82) is 0 Å². The lowest BCUT2D eigenvalue weighted by molar-refractivity contribution is 0.891. The molecule has 0 aliphatic carbocycles. The first kappa shape index (κ1) is 14.4. The lowest BCUT2D eigenvalue weighted by Gasteiger charge is -2.12. The zero-order chi connectivity index (χ0) is 16.5. The second kappa shape index (κ2) is 5.81. The summed E-state index contributed by atoms with van der Waals surface area (Å²) in [5, 5.41) is 8.71. The summed E-state index contributed by atoms with van der Waals surface area (Å²) in [7, 11) is 0. The molecule has 1 aromatic carbocycles. The summed E-state index contributed by atoms with van der Waals surface area (Å²) in [5.74, 6) is 1.37. The maximum atomic E-state index is 4.62. The standard InChI is InChI=1S/C18H18N6/c1-11(2)21-17-14-7-9-20-16(14)23-18(24-17)22-13-5-6-15-12(10-13)4-3-8-19-15/h3-11H,1-2H3,(H3,20,21,22,23,24). The van der Waals surface area contributed by atoms with Crippen LogP contribution >= 0.6 is 0 Å². The van der Waals surface area contributed by atoms with E-state index in [2.05, 4.69) is 44.4 Å². The van der Waals surface area contributed by atoms with E-state index >= 15 is 0 Å². The Bertz CT molecular complexity index is 1000. The number of benzene rings is 1. The van der Waals surface area contributed by atoms with Gasteiger partial charge >= 0.3 is 0 Å². The fourth-order valence-electron chi connectivity index (χ4n) is 2.66. The number of nitrogens with zero attached hydrogens (tertiary/aromatic N) is 3. The molecular formula is C18H18N6. The Balaban J connectivity index is 1.72. The molecule has 0 atom stereocenters. The summed E-state index contributed by atoms with van der Waals surface area (Å²) in [6.07, 6.45) is 3.66. The molecule has 0 fully saturated rings. The number of hydrogen-bond acceptors (Lipinski definition) is 5. The van der Waals surface area contributed by atoms with E-state index < -0.39 is 0 Å². The maximum absolute atomic E-state index is 4.62. The zero-order valence-corrected chi connectivity index (χ0v) is 13.5. The van der Waals surface area contributed by atoms with Crippen LogP contribution in [-0.2, 0) is 0 Å². The Morgan fingerprint density at radius 2 is 2.00 bits per heavy atom. The van der Waals surface area contributed by atoms with E-state index in [1.165, 1.54) is 0 Å². The van der Waals surface area contributed by atoms with Crippen LogP contribution in [0.15, 0.2) is 48.8 Å². The van der Waals surface area contributed by atoms with E-state index in [9.17, 15) is 0 Å². The Kier molecular flexibility index (Phi) is 3.49. The first-order chi connectivity index (χ1) is 11.7. The zero-order valence-electron chi connectivity index (χ0n) is 13.5. The summed E-state index contributed by atoms with van der Waals surface area (Å²) in [6, 6.07) is 12.2. The first-order valence-electron chi connectivity index (χ1n) is 7.92. The fraction of sp³-hybridized carbons (Fsp3) is 0.167. The molecule has 0 bridgehead atoms. The van der Waals surface area contributed by atoms with Gasteiger partial charge in [0.2, 0.25) is 5.95 Å². The molecule has 0 aliphatic heterocycles. The molecule has 0 amide bonds. The molecule has 0 saturated heterocycles. The van der Waals surface area contributed by atoms with Gasteiger partial charge in [-0.15, -0.1) is 0 Å². The van der Waals surface area contributed by atoms with Crippen LogP contribution in [0.1, 0.15) is 13.8 Å². The smallest absolute Gasteiger partial charge is 0.231 e. The molecule has 3 heterocycles. The van der Waals surface area contributed by atoms with Gasteiger partial charge in [0.15, 0.2) is 0 Å². The predicted octanol–water partition coefficient (Wildman–Crippen LogP) is 4.07. The van der Waals surface area contributed by atoms with Crippen molar-refractivity contribution in [3.05, 3.63) is 48.8 Å². The van der Waals surface area contributed by atoms with Crippen molar-refractivity contribution in [2.45, 2.75) is 19.9 Å². The number of hydrogen-bond donors (Lipinski definition) is 3. The molecule has 3 aromatic heterocycles. The van der Waals surface area contributed by atoms with Gasteiger partial charge in [-0.3, -0.25) is 4.98 Å². The van der Waals surface area contributed by atoms with Crippen LogP contribution in [0.4, 0.5) is 17.5 Å². The van der Waals surface area contributed by atoms with Crippen molar-refractivity contribution in [2.24, 2.45) is 0 Å².